The molecule has 0 spiro atoms. The smallest absolute Gasteiger partial charge is 0.251 e. The van der Waals surface area contributed by atoms with Crippen LogP contribution in [0.4, 0.5) is 0 Å². The third-order valence-electron chi connectivity index (χ3n) is 5.51. The Labute approximate surface area is 162 Å². The molecule has 144 valence electrons. The number of nitrogens with zero attached hydrogens (tertiary/aromatic N) is 1. The van der Waals surface area contributed by atoms with E-state index in [4.69, 9.17) is 0 Å². The Kier molecular flexibility index (Phi) is 7.02. The van der Waals surface area contributed by atoms with Crippen molar-refractivity contribution >= 4 is 5.91 Å². The van der Waals surface area contributed by atoms with E-state index in [9.17, 15) is 9.90 Å². The van der Waals surface area contributed by atoms with Crippen LogP contribution in [0.25, 0.3) is 11.1 Å². The van der Waals surface area contributed by atoms with Crippen molar-refractivity contribution in [3.63, 3.8) is 0 Å². The molecule has 3 rings (SSSR count). The number of carbonyl (C=O) groups is 1. The summed E-state index contributed by atoms with van der Waals surface area (Å²) < 4.78 is 0. The van der Waals surface area contributed by atoms with Crippen LogP contribution >= 0.6 is 0 Å². The lowest BCUT2D eigenvalue weighted by atomic mass is 10.0. The standard InChI is InChI=1S/C23H30N2O2/c1-25(22-8-2-3-9-22)15-5-14-24-23(27)20-12-10-19(11-13-20)21-7-4-6-18(16-21)17-26/h4,6-7,10-13,16,22,26H,2-3,5,8-9,14-15,17H2,1H3,(H,24,27). The molecule has 1 aliphatic carbocycles. The Bertz CT molecular complexity index is 736. The highest BCUT2D eigenvalue weighted by atomic mass is 16.3. The summed E-state index contributed by atoms with van der Waals surface area (Å²) in [4.78, 5) is 14.8. The van der Waals surface area contributed by atoms with Gasteiger partial charge in [0.05, 0.1) is 6.61 Å². The molecule has 0 heterocycles. The first kappa shape index (κ1) is 19.6. The second-order valence-corrected chi connectivity index (χ2v) is 7.46. The second kappa shape index (κ2) is 9.67. The maximum atomic E-state index is 12.3. The average molecular weight is 367 g/mol. The van der Waals surface area contributed by atoms with Gasteiger partial charge >= 0.3 is 0 Å². The molecule has 4 heteroatoms. The highest BCUT2D eigenvalue weighted by Gasteiger charge is 2.18. The molecule has 1 aliphatic rings. The largest absolute Gasteiger partial charge is 0.392 e. The van der Waals surface area contributed by atoms with Crippen LogP contribution in [-0.2, 0) is 6.61 Å². The van der Waals surface area contributed by atoms with Gasteiger partial charge in [-0.2, -0.15) is 0 Å². The summed E-state index contributed by atoms with van der Waals surface area (Å²) in [5.41, 5.74) is 3.65. The minimum absolute atomic E-state index is 0.0193. The zero-order chi connectivity index (χ0) is 19.1. The van der Waals surface area contributed by atoms with Gasteiger partial charge < -0.3 is 15.3 Å². The zero-order valence-corrected chi connectivity index (χ0v) is 16.2. The van der Waals surface area contributed by atoms with Crippen LogP contribution < -0.4 is 5.32 Å². The third-order valence-corrected chi connectivity index (χ3v) is 5.51. The third kappa shape index (κ3) is 5.41. The molecule has 2 aromatic rings. The summed E-state index contributed by atoms with van der Waals surface area (Å²) in [5, 5.41) is 12.3. The Morgan fingerprint density at radius 1 is 1.11 bits per heavy atom. The first-order chi connectivity index (χ1) is 13.2. The Hall–Kier alpha value is -2.17. The maximum absolute atomic E-state index is 12.3. The molecule has 0 aliphatic heterocycles. The summed E-state index contributed by atoms with van der Waals surface area (Å²) in [7, 11) is 2.20. The number of benzene rings is 2. The van der Waals surface area contributed by atoms with Gasteiger partial charge in [-0.1, -0.05) is 43.2 Å². The first-order valence-electron chi connectivity index (χ1n) is 9.96. The molecule has 1 fully saturated rings. The van der Waals surface area contributed by atoms with Gasteiger partial charge in [0.15, 0.2) is 0 Å². The number of aliphatic hydroxyl groups excluding tert-OH is 1. The fourth-order valence-electron chi connectivity index (χ4n) is 3.82. The molecule has 0 saturated heterocycles. The van der Waals surface area contributed by atoms with E-state index in [1.54, 1.807) is 0 Å². The van der Waals surface area contributed by atoms with Crippen molar-refractivity contribution in [2.75, 3.05) is 20.1 Å². The lowest BCUT2D eigenvalue weighted by Gasteiger charge is -2.23. The van der Waals surface area contributed by atoms with Crippen LogP contribution in [0.5, 0.6) is 0 Å². The van der Waals surface area contributed by atoms with Crippen LogP contribution in [0.2, 0.25) is 0 Å². The van der Waals surface area contributed by atoms with Gasteiger partial charge in [-0.3, -0.25) is 4.79 Å². The van der Waals surface area contributed by atoms with Crippen molar-refractivity contribution in [1.29, 1.82) is 0 Å². The highest BCUT2D eigenvalue weighted by molar-refractivity contribution is 5.94. The van der Waals surface area contributed by atoms with Gasteiger partial charge in [0.25, 0.3) is 5.91 Å². The van der Waals surface area contributed by atoms with Crippen LogP contribution in [0, 0.1) is 0 Å². The van der Waals surface area contributed by atoms with Gasteiger partial charge in [-0.25, -0.2) is 0 Å². The van der Waals surface area contributed by atoms with E-state index in [0.29, 0.717) is 12.1 Å². The minimum Gasteiger partial charge on any atom is -0.392 e. The number of nitrogens with one attached hydrogen (secondary N) is 1. The van der Waals surface area contributed by atoms with Gasteiger partial charge in [-0.05, 0) is 67.7 Å². The van der Waals surface area contributed by atoms with E-state index in [1.807, 2.05) is 48.5 Å². The SMILES string of the molecule is CN(CCCNC(=O)c1ccc(-c2cccc(CO)c2)cc1)C1CCCC1. The molecule has 0 radical (unpaired) electrons. The van der Waals surface area contributed by atoms with Crippen molar-refractivity contribution in [1.82, 2.24) is 10.2 Å². The Balaban J connectivity index is 1.47. The molecule has 1 amide bonds. The quantitative estimate of drug-likeness (QED) is 0.698. The molecule has 0 bridgehead atoms. The van der Waals surface area contributed by atoms with Gasteiger partial charge in [0.2, 0.25) is 0 Å². The van der Waals surface area contributed by atoms with E-state index in [0.717, 1.165) is 35.7 Å². The number of carbonyl (C=O) groups excluding carboxylic acids is 1. The van der Waals surface area contributed by atoms with Crippen molar-refractivity contribution in [3.8, 4) is 11.1 Å². The molecule has 4 nitrogen and oxygen atoms in total. The molecule has 2 aromatic carbocycles. The van der Waals surface area contributed by atoms with E-state index < -0.39 is 0 Å². The number of rotatable bonds is 8. The van der Waals surface area contributed by atoms with Crippen molar-refractivity contribution < 1.29 is 9.90 Å². The van der Waals surface area contributed by atoms with E-state index in [1.165, 1.54) is 25.7 Å². The second-order valence-electron chi connectivity index (χ2n) is 7.46. The molecule has 27 heavy (non-hydrogen) atoms. The van der Waals surface area contributed by atoms with E-state index in [-0.39, 0.29) is 12.5 Å². The Morgan fingerprint density at radius 3 is 2.56 bits per heavy atom. The molecule has 2 N–H and O–H groups in total. The molecule has 0 aromatic heterocycles. The Morgan fingerprint density at radius 2 is 1.85 bits per heavy atom. The molecule has 0 atom stereocenters. The maximum Gasteiger partial charge on any atom is 0.251 e. The summed E-state index contributed by atoms with van der Waals surface area (Å²) in [6.07, 6.45) is 6.32. The van der Waals surface area contributed by atoms with Crippen LogP contribution in [-0.4, -0.2) is 42.1 Å². The number of hydrogen-bond donors (Lipinski definition) is 2. The summed E-state index contributed by atoms with van der Waals surface area (Å²) in [5.74, 6) is -0.0193. The molecule has 0 unspecified atom stereocenters. The van der Waals surface area contributed by atoms with Crippen molar-refractivity contribution in [2.45, 2.75) is 44.8 Å². The van der Waals surface area contributed by atoms with E-state index >= 15 is 0 Å². The van der Waals surface area contributed by atoms with Crippen molar-refractivity contribution in [3.05, 3.63) is 59.7 Å². The lowest BCUT2D eigenvalue weighted by Crippen LogP contribution is -2.33. The number of aliphatic hydroxyl groups is 1. The monoisotopic (exact) mass is 366 g/mol. The topological polar surface area (TPSA) is 52.6 Å². The van der Waals surface area contributed by atoms with Gasteiger partial charge in [-0.15, -0.1) is 0 Å². The molecular formula is C23H30N2O2. The first-order valence-corrected chi connectivity index (χ1v) is 9.96. The summed E-state index contributed by atoms with van der Waals surface area (Å²) in [6, 6.07) is 16.2. The fourth-order valence-corrected chi connectivity index (χ4v) is 3.82. The summed E-state index contributed by atoms with van der Waals surface area (Å²) >= 11 is 0. The van der Waals surface area contributed by atoms with Crippen LogP contribution in [0.1, 0.15) is 48.0 Å². The zero-order valence-electron chi connectivity index (χ0n) is 16.2. The molecular weight excluding hydrogens is 336 g/mol. The fraction of sp³-hybridized carbons (Fsp3) is 0.435. The predicted octanol–water partition coefficient (Wildman–Crippen LogP) is 3.84. The predicted molar refractivity (Wildman–Crippen MR) is 110 cm³/mol. The average Bonchev–Trinajstić information content (AvgIpc) is 3.26. The lowest BCUT2D eigenvalue weighted by molar-refractivity contribution is 0.0951. The normalized spacial score (nSPS) is 14.6. The number of hydrogen-bond acceptors (Lipinski definition) is 3. The van der Waals surface area contributed by atoms with Gasteiger partial charge in [0, 0.05) is 18.2 Å². The minimum atomic E-state index is -0.0193. The van der Waals surface area contributed by atoms with E-state index in [2.05, 4.69) is 17.3 Å². The highest BCUT2D eigenvalue weighted by Crippen LogP contribution is 2.22. The van der Waals surface area contributed by atoms with Crippen LogP contribution in [0.3, 0.4) is 0 Å². The van der Waals surface area contributed by atoms with Gasteiger partial charge in [0.1, 0.15) is 0 Å². The number of amides is 1. The van der Waals surface area contributed by atoms with Crippen LogP contribution in [0.15, 0.2) is 48.5 Å². The summed E-state index contributed by atoms with van der Waals surface area (Å²) in [6.45, 7) is 1.77. The van der Waals surface area contributed by atoms with Crippen molar-refractivity contribution in [2.24, 2.45) is 0 Å². The molecule has 1 saturated carbocycles.